The van der Waals surface area contributed by atoms with Gasteiger partial charge in [-0.05, 0) is 0 Å². The molecule has 2 aromatic rings. The predicted molar refractivity (Wildman–Crippen MR) is 105 cm³/mol. The molecule has 0 amide bonds. The topological polar surface area (TPSA) is 34.1 Å². The van der Waals surface area contributed by atoms with Crippen LogP contribution in [0, 0.1) is 114 Å². The average Bonchev–Trinajstić information content (AvgIpc) is 2.63. The Balaban J connectivity index is 0.00000196. The Morgan fingerprint density at radius 1 is 0.679 bits per heavy atom. The van der Waals surface area contributed by atoms with Crippen LogP contribution in [0.4, 0.5) is 0 Å². The third kappa shape index (κ3) is 5.36. The number of carbonyl (C=O) groups excluding carboxylic acids is 2. The summed E-state index contributed by atoms with van der Waals surface area (Å²) in [6.07, 6.45) is 0.983. The van der Waals surface area contributed by atoms with E-state index in [4.69, 9.17) is 0 Å². The molecule has 1 aliphatic rings. The molecule has 0 spiro atoms. The van der Waals surface area contributed by atoms with Gasteiger partial charge >= 0.3 is 0 Å². The summed E-state index contributed by atoms with van der Waals surface area (Å²) in [6, 6.07) is 15.9. The standard InChI is InChI=1S/C24H26O2.2Ac/c1-5-19(25)23-21(17-11-7-15(3)8-12-17)24(20(26)6-2)22(23)18-13-9-16(4)10-14-18;;/h7-14,21-24H,3-6H2,1-2H3;;/q-2;;. The molecule has 4 heteroatoms. The number of Topliss-reactive ketones (excluding diaryl/α,β-unsaturated/α-hetero) is 2. The Labute approximate surface area is 240 Å². The molecule has 142 valence electrons. The van der Waals surface area contributed by atoms with E-state index in [9.17, 15) is 9.59 Å². The zero-order valence-electron chi connectivity index (χ0n) is 16.7. The SMILES string of the molecule is [Ac].[Ac].[CH2-]c1ccc(C2C(C(=O)CC)C(c3ccc([CH2-])cc3)C2C(=O)CC)cc1. The van der Waals surface area contributed by atoms with Crippen LogP contribution in [-0.2, 0) is 9.59 Å². The zero-order chi connectivity index (χ0) is 18.8. The van der Waals surface area contributed by atoms with Crippen LogP contribution >= 0.6 is 0 Å². The van der Waals surface area contributed by atoms with Crippen LogP contribution in [0.3, 0.4) is 0 Å². The van der Waals surface area contributed by atoms with Gasteiger partial charge in [-0.2, -0.15) is 49.2 Å². The van der Waals surface area contributed by atoms with Crippen molar-refractivity contribution in [3.05, 3.63) is 84.6 Å². The molecule has 0 unspecified atom stereocenters. The van der Waals surface area contributed by atoms with Gasteiger partial charge in [0, 0.05) is 125 Å². The maximum absolute atomic E-state index is 12.8. The summed E-state index contributed by atoms with van der Waals surface area (Å²) in [5.74, 6) is 0.0913. The van der Waals surface area contributed by atoms with Gasteiger partial charge in [0.15, 0.2) is 0 Å². The summed E-state index contributed by atoms with van der Waals surface area (Å²) in [6.45, 7) is 11.7. The summed E-state index contributed by atoms with van der Waals surface area (Å²) < 4.78 is 0. The Kier molecular flexibility index (Phi) is 11.0. The van der Waals surface area contributed by atoms with Crippen LogP contribution in [0.25, 0.3) is 0 Å². The van der Waals surface area contributed by atoms with E-state index in [0.717, 1.165) is 22.3 Å². The normalized spacial score (nSPS) is 22.9. The number of hydrogen-bond acceptors (Lipinski definition) is 2. The van der Waals surface area contributed by atoms with Crippen molar-refractivity contribution in [2.24, 2.45) is 11.8 Å². The van der Waals surface area contributed by atoms with Gasteiger partial charge in [0.05, 0.1) is 0 Å². The van der Waals surface area contributed by atoms with E-state index < -0.39 is 0 Å². The molecule has 3 rings (SSSR count). The minimum atomic E-state index is -0.146. The van der Waals surface area contributed by atoms with Crippen molar-refractivity contribution in [1.82, 2.24) is 0 Å². The quantitative estimate of drug-likeness (QED) is 0.381. The molecule has 0 aliphatic heterocycles. The summed E-state index contributed by atoms with van der Waals surface area (Å²) >= 11 is 0. The van der Waals surface area contributed by atoms with Gasteiger partial charge < -0.3 is 0 Å². The first kappa shape index (κ1) is 26.4. The summed E-state index contributed by atoms with van der Waals surface area (Å²) in [7, 11) is 0. The van der Waals surface area contributed by atoms with E-state index in [1.54, 1.807) is 0 Å². The van der Waals surface area contributed by atoms with Gasteiger partial charge in [-0.1, -0.05) is 25.0 Å². The second-order valence-electron chi connectivity index (χ2n) is 7.23. The van der Waals surface area contributed by atoms with Gasteiger partial charge in [-0.25, -0.2) is 0 Å². The van der Waals surface area contributed by atoms with Gasteiger partial charge in [-0.3, -0.25) is 9.59 Å². The number of hydrogen-bond donors (Lipinski definition) is 0. The fourth-order valence-corrected chi connectivity index (χ4v) is 4.33. The molecule has 2 radical (unpaired) electrons. The molecular weight excluding hydrogens is 774 g/mol. The monoisotopic (exact) mass is 800 g/mol. The maximum atomic E-state index is 12.8. The molecule has 2 nitrogen and oxygen atoms in total. The van der Waals surface area contributed by atoms with E-state index in [1.807, 2.05) is 62.4 Å². The third-order valence-electron chi connectivity index (χ3n) is 5.72. The molecule has 0 aromatic heterocycles. The van der Waals surface area contributed by atoms with Crippen LogP contribution in [0.1, 0.15) is 60.8 Å². The largest absolute Gasteiger partial charge is 0.299 e. The Bertz CT molecular complexity index is 719. The number of benzene rings is 2. The van der Waals surface area contributed by atoms with Gasteiger partial charge in [-0.15, -0.1) is 24.3 Å². The molecule has 1 aliphatic carbocycles. The summed E-state index contributed by atoms with van der Waals surface area (Å²) in [5.41, 5.74) is 4.02. The molecule has 1 fully saturated rings. The fourth-order valence-electron chi connectivity index (χ4n) is 4.33. The van der Waals surface area contributed by atoms with E-state index in [0.29, 0.717) is 12.8 Å². The Hall–Kier alpha value is 0.403. The number of ketones is 2. The molecule has 1 saturated carbocycles. The van der Waals surface area contributed by atoms with Crippen molar-refractivity contribution in [3.8, 4) is 0 Å². The van der Waals surface area contributed by atoms with Crippen molar-refractivity contribution >= 4 is 11.6 Å². The summed E-state index contributed by atoms with van der Waals surface area (Å²) in [5, 5.41) is 0. The van der Waals surface area contributed by atoms with E-state index >= 15 is 0 Å². The van der Waals surface area contributed by atoms with Crippen LogP contribution in [0.15, 0.2) is 48.5 Å². The third-order valence-corrected chi connectivity index (χ3v) is 5.72. The van der Waals surface area contributed by atoms with Gasteiger partial charge in [0.1, 0.15) is 11.6 Å². The second-order valence-corrected chi connectivity index (χ2v) is 7.23. The first-order chi connectivity index (χ1) is 12.5. The molecule has 0 N–H and O–H groups in total. The van der Waals surface area contributed by atoms with Crippen LogP contribution in [-0.4, -0.2) is 11.6 Å². The second kappa shape index (κ2) is 11.7. The molecule has 0 atom stereocenters. The zero-order valence-corrected chi connectivity index (χ0v) is 26.2. The average molecular weight is 800 g/mol. The van der Waals surface area contributed by atoms with Crippen molar-refractivity contribution in [1.29, 1.82) is 0 Å². The number of rotatable bonds is 6. The van der Waals surface area contributed by atoms with Crippen molar-refractivity contribution < 1.29 is 97.7 Å². The van der Waals surface area contributed by atoms with Crippen molar-refractivity contribution in [2.75, 3.05) is 0 Å². The van der Waals surface area contributed by atoms with Crippen molar-refractivity contribution in [2.45, 2.75) is 38.5 Å². The summed E-state index contributed by atoms with van der Waals surface area (Å²) in [4.78, 5) is 25.6. The van der Waals surface area contributed by atoms with Crippen molar-refractivity contribution in [3.63, 3.8) is 0 Å². The minimum Gasteiger partial charge on any atom is -0.299 e. The molecule has 0 saturated heterocycles. The van der Waals surface area contributed by atoms with E-state index in [-0.39, 0.29) is 123 Å². The Morgan fingerprint density at radius 3 is 1.21 bits per heavy atom. The van der Waals surface area contributed by atoms with E-state index in [1.165, 1.54) is 0 Å². The first-order valence-electron chi connectivity index (χ1n) is 9.37. The van der Waals surface area contributed by atoms with E-state index in [2.05, 4.69) is 13.8 Å². The molecular formula is C24H26Ac2O2-2. The fraction of sp³-hybridized carbons (Fsp3) is 0.333. The Morgan fingerprint density at radius 2 is 0.964 bits per heavy atom. The van der Waals surface area contributed by atoms with Crippen LogP contribution < -0.4 is 0 Å². The molecule has 28 heavy (non-hydrogen) atoms. The smallest absolute Gasteiger partial charge is 0.136 e. The van der Waals surface area contributed by atoms with Crippen LogP contribution in [0.2, 0.25) is 0 Å². The van der Waals surface area contributed by atoms with Gasteiger partial charge in [0.2, 0.25) is 0 Å². The predicted octanol–water partition coefficient (Wildman–Crippen LogP) is 5.12. The number of carbonyl (C=O) groups is 2. The molecule has 0 heterocycles. The molecule has 2 aromatic carbocycles. The first-order valence-corrected chi connectivity index (χ1v) is 9.37. The van der Waals surface area contributed by atoms with Crippen LogP contribution in [0.5, 0.6) is 0 Å². The maximum Gasteiger partial charge on any atom is 0.136 e. The van der Waals surface area contributed by atoms with Gasteiger partial charge in [0.25, 0.3) is 0 Å². The molecule has 0 bridgehead atoms. The minimum absolute atomic E-state index is 0.